The Hall–Kier alpha value is -1.92. The normalized spacial score (nSPS) is 12.7. The maximum Gasteiger partial charge on any atom is 0.305 e. The molecule has 0 heterocycles. The summed E-state index contributed by atoms with van der Waals surface area (Å²) in [5, 5.41) is 23.4. The van der Waals surface area contributed by atoms with E-state index in [-0.39, 0.29) is 18.5 Å². The number of ether oxygens (including phenoxy) is 1. The molecule has 0 rings (SSSR count). The first-order chi connectivity index (χ1) is 42.5. The van der Waals surface area contributed by atoms with Crippen molar-refractivity contribution in [2.24, 2.45) is 0 Å². The maximum absolute atomic E-state index is 12.6. The second kappa shape index (κ2) is 75.5. The summed E-state index contributed by atoms with van der Waals surface area (Å²) in [5.74, 6) is -0.0214. The Labute approximate surface area is 538 Å². The number of unbranched alkanes of at least 4 members (excludes halogenated alkanes) is 57. The second-order valence-corrected chi connectivity index (χ2v) is 27.0. The van der Waals surface area contributed by atoms with Crippen LogP contribution in [-0.4, -0.2) is 47.4 Å². The zero-order valence-electron chi connectivity index (χ0n) is 58.3. The number of allylic oxidation sites excluding steroid dienone is 6. The number of carbonyl (C=O) groups excluding carboxylic acids is 2. The summed E-state index contributed by atoms with van der Waals surface area (Å²) in [5.41, 5.74) is 0. The van der Waals surface area contributed by atoms with Gasteiger partial charge in [0, 0.05) is 12.8 Å². The van der Waals surface area contributed by atoms with Gasteiger partial charge in [-0.15, -0.1) is 0 Å². The minimum absolute atomic E-state index is 0.00586. The largest absolute Gasteiger partial charge is 0.466 e. The Balaban J connectivity index is 3.35. The molecule has 508 valence electrons. The van der Waals surface area contributed by atoms with Crippen molar-refractivity contribution in [1.29, 1.82) is 0 Å². The number of aliphatic hydroxyl groups is 2. The molecule has 6 nitrogen and oxygen atoms in total. The lowest BCUT2D eigenvalue weighted by molar-refractivity contribution is -0.143. The average molecular weight is 1210 g/mol. The van der Waals surface area contributed by atoms with E-state index in [4.69, 9.17) is 4.74 Å². The molecule has 0 aliphatic rings. The van der Waals surface area contributed by atoms with E-state index in [1.165, 1.54) is 353 Å². The lowest BCUT2D eigenvalue weighted by atomic mass is 10.0. The molecule has 0 bridgehead atoms. The summed E-state index contributed by atoms with van der Waals surface area (Å²) in [7, 11) is 0. The fourth-order valence-corrected chi connectivity index (χ4v) is 12.4. The molecule has 0 saturated carbocycles. The molecule has 3 N–H and O–H groups in total. The third-order valence-corrected chi connectivity index (χ3v) is 18.4. The van der Waals surface area contributed by atoms with Crippen molar-refractivity contribution in [2.75, 3.05) is 13.2 Å². The van der Waals surface area contributed by atoms with Crippen LogP contribution in [0.2, 0.25) is 0 Å². The summed E-state index contributed by atoms with van der Waals surface area (Å²) in [6, 6.07) is -0.540. The Bertz CT molecular complexity index is 1390. The lowest BCUT2D eigenvalue weighted by Gasteiger charge is -2.22. The summed E-state index contributed by atoms with van der Waals surface area (Å²) >= 11 is 0. The van der Waals surface area contributed by atoms with Gasteiger partial charge in [-0.1, -0.05) is 378 Å². The molecule has 0 aromatic heterocycles. The Morgan fingerprint density at radius 1 is 0.326 bits per heavy atom. The lowest BCUT2D eigenvalue weighted by Crippen LogP contribution is -2.45. The predicted molar refractivity (Wildman–Crippen MR) is 379 cm³/mol. The molecule has 0 aromatic rings. The first-order valence-corrected chi connectivity index (χ1v) is 39.2. The number of aliphatic hydroxyl groups excluding tert-OH is 2. The van der Waals surface area contributed by atoms with Crippen LogP contribution in [0, 0.1) is 0 Å². The van der Waals surface area contributed by atoms with Crippen LogP contribution in [-0.2, 0) is 14.3 Å². The molecular formula is C80H153NO5. The van der Waals surface area contributed by atoms with Gasteiger partial charge in [-0.2, -0.15) is 0 Å². The van der Waals surface area contributed by atoms with Gasteiger partial charge < -0.3 is 20.3 Å². The van der Waals surface area contributed by atoms with Crippen molar-refractivity contribution < 1.29 is 24.5 Å². The van der Waals surface area contributed by atoms with Crippen molar-refractivity contribution >= 4 is 11.9 Å². The molecular weight excluding hydrogens is 1050 g/mol. The van der Waals surface area contributed by atoms with Crippen LogP contribution in [0.4, 0.5) is 0 Å². The molecule has 1 amide bonds. The molecule has 0 saturated heterocycles. The topological polar surface area (TPSA) is 95.9 Å². The molecule has 0 fully saturated rings. The van der Waals surface area contributed by atoms with Gasteiger partial charge >= 0.3 is 5.97 Å². The van der Waals surface area contributed by atoms with Crippen LogP contribution >= 0.6 is 0 Å². The smallest absolute Gasteiger partial charge is 0.305 e. The van der Waals surface area contributed by atoms with Crippen molar-refractivity contribution in [1.82, 2.24) is 5.32 Å². The average Bonchev–Trinajstić information content (AvgIpc) is 3.54. The number of hydrogen-bond donors (Lipinski definition) is 3. The molecule has 6 heteroatoms. The number of amides is 1. The molecule has 0 spiro atoms. The molecule has 0 aliphatic heterocycles. The third kappa shape index (κ3) is 71.2. The fraction of sp³-hybridized carbons (Fsp3) is 0.900. The summed E-state index contributed by atoms with van der Waals surface area (Å²) < 4.78 is 5.50. The van der Waals surface area contributed by atoms with Crippen LogP contribution in [0.3, 0.4) is 0 Å². The van der Waals surface area contributed by atoms with Crippen molar-refractivity contribution in [3.8, 4) is 0 Å². The van der Waals surface area contributed by atoms with Gasteiger partial charge in [-0.25, -0.2) is 0 Å². The number of carbonyl (C=O) groups is 2. The highest BCUT2D eigenvalue weighted by Gasteiger charge is 2.20. The molecule has 2 atom stereocenters. The highest BCUT2D eigenvalue weighted by atomic mass is 16.5. The van der Waals surface area contributed by atoms with Crippen molar-refractivity contribution in [3.63, 3.8) is 0 Å². The minimum Gasteiger partial charge on any atom is -0.466 e. The number of nitrogens with one attached hydrogen (secondary N) is 1. The van der Waals surface area contributed by atoms with E-state index < -0.39 is 12.1 Å². The van der Waals surface area contributed by atoms with Crippen LogP contribution in [0.25, 0.3) is 0 Å². The Morgan fingerprint density at radius 2 is 0.581 bits per heavy atom. The van der Waals surface area contributed by atoms with Crippen molar-refractivity contribution in [2.45, 2.75) is 450 Å². The molecule has 86 heavy (non-hydrogen) atoms. The molecule has 2 unspecified atom stereocenters. The highest BCUT2D eigenvalue weighted by Crippen LogP contribution is 2.20. The third-order valence-electron chi connectivity index (χ3n) is 18.4. The van der Waals surface area contributed by atoms with Crippen LogP contribution in [0.15, 0.2) is 36.5 Å². The first kappa shape index (κ1) is 84.1. The second-order valence-electron chi connectivity index (χ2n) is 27.0. The quantitative estimate of drug-likeness (QED) is 0.0320. The molecule has 0 aliphatic carbocycles. The van der Waals surface area contributed by atoms with E-state index in [1.807, 2.05) is 0 Å². The van der Waals surface area contributed by atoms with E-state index in [0.29, 0.717) is 25.9 Å². The predicted octanol–water partition coefficient (Wildman–Crippen LogP) is 25.8. The van der Waals surface area contributed by atoms with Crippen LogP contribution in [0.1, 0.15) is 438 Å². The molecule has 0 radical (unpaired) electrons. The standard InChI is InChI=1S/C80H153NO5/c1-3-5-7-9-11-13-15-17-19-21-22-38-41-44-48-52-56-60-64-68-72-78(83)77(76-82)81-79(84)73-69-65-61-57-53-49-45-42-39-36-34-32-30-28-26-24-23-25-27-29-31-33-35-37-40-43-47-51-55-59-63-67-71-75-86-80(85)74-70-66-62-58-54-50-46-20-18-16-14-12-10-8-6-4-2/h14,16,20,27,29,46,77-78,82-83H,3-13,15,17-19,21-26,28,30-45,47-76H2,1-2H3,(H,81,84)/b16-14-,29-27-,46-20-. The highest BCUT2D eigenvalue weighted by molar-refractivity contribution is 5.76. The fourth-order valence-electron chi connectivity index (χ4n) is 12.4. The number of hydrogen-bond acceptors (Lipinski definition) is 5. The monoisotopic (exact) mass is 1210 g/mol. The zero-order chi connectivity index (χ0) is 62.0. The van der Waals surface area contributed by atoms with Crippen LogP contribution < -0.4 is 5.32 Å². The van der Waals surface area contributed by atoms with E-state index >= 15 is 0 Å². The van der Waals surface area contributed by atoms with Gasteiger partial charge in [0.2, 0.25) is 5.91 Å². The van der Waals surface area contributed by atoms with Gasteiger partial charge in [0.25, 0.3) is 0 Å². The summed E-state index contributed by atoms with van der Waals surface area (Å²) in [6.07, 6.45) is 98.0. The van der Waals surface area contributed by atoms with Crippen LogP contribution in [0.5, 0.6) is 0 Å². The summed E-state index contributed by atoms with van der Waals surface area (Å²) in [4.78, 5) is 24.6. The maximum atomic E-state index is 12.6. The summed E-state index contributed by atoms with van der Waals surface area (Å²) in [6.45, 7) is 4.97. The minimum atomic E-state index is -0.663. The van der Waals surface area contributed by atoms with Crippen molar-refractivity contribution in [3.05, 3.63) is 36.5 Å². The van der Waals surface area contributed by atoms with Gasteiger partial charge in [0.05, 0.1) is 25.4 Å². The Morgan fingerprint density at radius 3 is 0.907 bits per heavy atom. The van der Waals surface area contributed by atoms with Gasteiger partial charge in [0.15, 0.2) is 0 Å². The Kier molecular flexibility index (Phi) is 73.9. The first-order valence-electron chi connectivity index (χ1n) is 39.2. The van der Waals surface area contributed by atoms with Gasteiger partial charge in [0.1, 0.15) is 0 Å². The van der Waals surface area contributed by atoms with E-state index in [9.17, 15) is 19.8 Å². The van der Waals surface area contributed by atoms with Gasteiger partial charge in [-0.05, 0) is 83.5 Å². The van der Waals surface area contributed by atoms with E-state index in [2.05, 4.69) is 55.6 Å². The zero-order valence-corrected chi connectivity index (χ0v) is 58.3. The molecule has 0 aromatic carbocycles. The number of rotatable bonds is 74. The van der Waals surface area contributed by atoms with Gasteiger partial charge in [-0.3, -0.25) is 9.59 Å². The van der Waals surface area contributed by atoms with E-state index in [0.717, 1.165) is 51.4 Å². The number of esters is 1. The van der Waals surface area contributed by atoms with E-state index in [1.54, 1.807) is 0 Å². The SMILES string of the molecule is CCCCCC/C=C\C/C=C\CCCCCCCC(=O)OCCCCCCCCCCCCCC/C=C\CCCCCCCCCCCCCCCCCCCC(=O)NC(CO)C(O)CCCCCCCCCCCCCCCCCCCCCC.